The van der Waals surface area contributed by atoms with Crippen LogP contribution in [-0.2, 0) is 9.59 Å². The van der Waals surface area contributed by atoms with Crippen LogP contribution in [0.3, 0.4) is 0 Å². The van der Waals surface area contributed by atoms with Crippen LogP contribution in [0, 0.1) is 17.8 Å². The lowest BCUT2D eigenvalue weighted by atomic mass is 9.89. The van der Waals surface area contributed by atoms with Crippen LogP contribution >= 0.6 is 0 Å². The highest BCUT2D eigenvalue weighted by atomic mass is 19.1. The van der Waals surface area contributed by atoms with Crippen LogP contribution in [0.15, 0.2) is 12.2 Å². The minimum absolute atomic E-state index is 0.0395. The Morgan fingerprint density at radius 1 is 1.12 bits per heavy atom. The van der Waals surface area contributed by atoms with Crippen molar-refractivity contribution in [1.82, 2.24) is 30.7 Å². The molecular formula is C31H58F2N8O2. The molecule has 0 aromatic heterocycles. The molecule has 3 saturated heterocycles. The third-order valence-corrected chi connectivity index (χ3v) is 9.69. The molecule has 2 amide bonds. The zero-order valence-corrected chi connectivity index (χ0v) is 27.0. The molecule has 0 saturated carbocycles. The Morgan fingerprint density at radius 2 is 1.79 bits per heavy atom. The van der Waals surface area contributed by atoms with Gasteiger partial charge in [0, 0.05) is 50.7 Å². The Balaban J connectivity index is 1.54. The Kier molecular flexibility index (Phi) is 14.2. The normalized spacial score (nSPS) is 27.3. The number of carbonyl (C=O) groups excluding carboxylic acids is 2. The van der Waals surface area contributed by atoms with E-state index < -0.39 is 42.6 Å². The summed E-state index contributed by atoms with van der Waals surface area (Å²) in [5.74, 6) is -0.698. The molecule has 3 fully saturated rings. The van der Waals surface area contributed by atoms with Crippen molar-refractivity contribution in [2.45, 2.75) is 95.6 Å². The van der Waals surface area contributed by atoms with Crippen LogP contribution in [0.4, 0.5) is 8.78 Å². The molecule has 0 radical (unpaired) electrons. The van der Waals surface area contributed by atoms with E-state index in [1.165, 1.54) is 0 Å². The number of piperidine rings is 2. The van der Waals surface area contributed by atoms with Crippen LogP contribution in [0.2, 0.25) is 0 Å². The van der Waals surface area contributed by atoms with Crippen molar-refractivity contribution < 1.29 is 18.4 Å². The molecule has 3 rings (SSSR count). The van der Waals surface area contributed by atoms with Crippen molar-refractivity contribution in [2.24, 2.45) is 29.2 Å². The van der Waals surface area contributed by atoms with Crippen molar-refractivity contribution >= 4 is 11.8 Å². The van der Waals surface area contributed by atoms with Gasteiger partial charge in [-0.25, -0.2) is 8.78 Å². The fourth-order valence-electron chi connectivity index (χ4n) is 6.75. The number of hydrogen-bond acceptors (Lipinski definition) is 8. The summed E-state index contributed by atoms with van der Waals surface area (Å²) in [7, 11) is 4.06. The summed E-state index contributed by atoms with van der Waals surface area (Å²) in [5.41, 5.74) is 12.1. The molecule has 3 aliphatic rings. The number of nitrogens with zero attached hydrogens (tertiary/aromatic N) is 3. The van der Waals surface area contributed by atoms with Gasteiger partial charge >= 0.3 is 0 Å². The zero-order chi connectivity index (χ0) is 31.7. The van der Waals surface area contributed by atoms with Gasteiger partial charge in [-0.15, -0.1) is 0 Å². The fourth-order valence-corrected chi connectivity index (χ4v) is 6.75. The Labute approximate surface area is 257 Å². The van der Waals surface area contributed by atoms with Gasteiger partial charge in [0.25, 0.3) is 0 Å². The number of nitrogens with one attached hydrogen (secondary N) is 3. The highest BCUT2D eigenvalue weighted by Gasteiger charge is 2.43. The van der Waals surface area contributed by atoms with Gasteiger partial charge < -0.3 is 37.2 Å². The maximum Gasteiger partial charge on any atom is 0.227 e. The van der Waals surface area contributed by atoms with Crippen LogP contribution in [0.1, 0.15) is 52.9 Å². The summed E-state index contributed by atoms with van der Waals surface area (Å²) in [4.78, 5) is 32.6. The first-order valence-electron chi connectivity index (χ1n) is 16.4. The van der Waals surface area contributed by atoms with Crippen LogP contribution in [0.25, 0.3) is 0 Å². The number of carbonyl (C=O) groups is 2. The standard InChI is InChI=1S/C31H58F2N8O2/c1-6-8-21(7-2)9-10-23(32)15-37-20(3)27(29(34)35)30(42)38-26-17-36-16-25(33)28(26)40-13-11-22(12-14-40)31(43)41-18-24(19-41)39(4)5/h9-10,20-29,36-37H,6-8,11-19,34-35H2,1-5H3,(H,38,42)/b10-9-. The molecule has 7 atom stereocenters. The lowest BCUT2D eigenvalue weighted by Gasteiger charge is -2.47. The molecule has 7 N–H and O–H groups in total. The number of nitrogens with two attached hydrogens (primary N) is 2. The summed E-state index contributed by atoms with van der Waals surface area (Å²) < 4.78 is 30.0. The molecular weight excluding hydrogens is 554 g/mol. The van der Waals surface area contributed by atoms with E-state index in [2.05, 4.69) is 39.6 Å². The number of hydrogen-bond donors (Lipinski definition) is 5. The predicted molar refractivity (Wildman–Crippen MR) is 168 cm³/mol. The number of allylic oxidation sites excluding steroid dienone is 1. The average Bonchev–Trinajstić information content (AvgIpc) is 2.93. The third-order valence-electron chi connectivity index (χ3n) is 9.69. The summed E-state index contributed by atoms with van der Waals surface area (Å²) in [6.45, 7) is 9.36. The Hall–Kier alpha value is -1.70. The Bertz CT molecular complexity index is 895. The van der Waals surface area contributed by atoms with Gasteiger partial charge in [-0.3, -0.25) is 14.5 Å². The van der Waals surface area contributed by atoms with E-state index >= 15 is 4.39 Å². The van der Waals surface area contributed by atoms with Crippen LogP contribution in [-0.4, -0.2) is 129 Å². The topological polar surface area (TPSA) is 132 Å². The summed E-state index contributed by atoms with van der Waals surface area (Å²) >= 11 is 0. The van der Waals surface area contributed by atoms with E-state index in [1.807, 2.05) is 25.1 Å². The van der Waals surface area contributed by atoms with Crippen LogP contribution in [0.5, 0.6) is 0 Å². The predicted octanol–water partition coefficient (Wildman–Crippen LogP) is 0.824. The molecule has 3 heterocycles. The number of likely N-dealkylation sites (N-methyl/N-ethyl adjacent to an activating group) is 1. The molecule has 10 nitrogen and oxygen atoms in total. The van der Waals surface area contributed by atoms with Gasteiger partial charge in [0.05, 0.1) is 24.2 Å². The van der Waals surface area contributed by atoms with Crippen molar-refractivity contribution in [3.05, 3.63) is 12.2 Å². The molecule has 0 spiro atoms. The van der Waals surface area contributed by atoms with Gasteiger partial charge in [-0.2, -0.15) is 0 Å². The van der Waals surface area contributed by atoms with Crippen molar-refractivity contribution in [3.63, 3.8) is 0 Å². The SMILES string of the molecule is CCCC(/C=C\C(F)CNC(C)C(C(=O)NC1CNCC(F)C1N1CCC(C(=O)N2CC(N(C)C)C2)CC1)C(N)N)CC. The summed E-state index contributed by atoms with van der Waals surface area (Å²) in [6.07, 6.45) is 4.56. The molecule has 0 aromatic rings. The average molecular weight is 613 g/mol. The number of halogens is 2. The molecule has 0 aliphatic carbocycles. The molecule has 0 aromatic carbocycles. The zero-order valence-electron chi connectivity index (χ0n) is 27.0. The molecule has 248 valence electrons. The van der Waals surface area contributed by atoms with E-state index in [9.17, 15) is 14.0 Å². The third kappa shape index (κ3) is 9.89. The largest absolute Gasteiger partial charge is 0.350 e. The number of rotatable bonds is 15. The molecule has 7 unspecified atom stereocenters. The summed E-state index contributed by atoms with van der Waals surface area (Å²) in [5, 5.41) is 9.21. The van der Waals surface area contributed by atoms with Gasteiger partial charge in [-0.1, -0.05) is 32.4 Å². The second-order valence-corrected chi connectivity index (χ2v) is 13.1. The second kappa shape index (κ2) is 17.1. The number of alkyl halides is 2. The van der Waals surface area contributed by atoms with E-state index in [1.54, 1.807) is 13.0 Å². The molecule has 3 aliphatic heterocycles. The van der Waals surface area contributed by atoms with Gasteiger partial charge in [0.15, 0.2) is 0 Å². The molecule has 0 bridgehead atoms. The highest BCUT2D eigenvalue weighted by molar-refractivity contribution is 5.81. The second-order valence-electron chi connectivity index (χ2n) is 13.1. The number of likely N-dealkylation sites (tertiary alicyclic amines) is 2. The van der Waals surface area contributed by atoms with Crippen molar-refractivity contribution in [2.75, 3.05) is 59.9 Å². The van der Waals surface area contributed by atoms with E-state index in [-0.39, 0.29) is 30.8 Å². The maximum atomic E-state index is 15.4. The van der Waals surface area contributed by atoms with Crippen molar-refractivity contribution in [3.8, 4) is 0 Å². The quantitative estimate of drug-likeness (QED) is 0.136. The first-order valence-corrected chi connectivity index (χ1v) is 16.4. The number of amides is 2. The lowest BCUT2D eigenvalue weighted by Crippen LogP contribution is -2.68. The lowest BCUT2D eigenvalue weighted by molar-refractivity contribution is -0.144. The van der Waals surface area contributed by atoms with Gasteiger partial charge in [-0.05, 0) is 65.7 Å². The minimum atomic E-state index is -1.20. The Morgan fingerprint density at radius 3 is 2.37 bits per heavy atom. The fraction of sp³-hybridized carbons (Fsp3) is 0.871. The van der Waals surface area contributed by atoms with E-state index in [0.29, 0.717) is 44.4 Å². The van der Waals surface area contributed by atoms with E-state index in [0.717, 1.165) is 32.4 Å². The first-order chi connectivity index (χ1) is 20.5. The maximum absolute atomic E-state index is 15.4. The minimum Gasteiger partial charge on any atom is -0.350 e. The van der Waals surface area contributed by atoms with Crippen LogP contribution < -0.4 is 27.4 Å². The van der Waals surface area contributed by atoms with Gasteiger partial charge in [0.1, 0.15) is 12.3 Å². The monoisotopic (exact) mass is 612 g/mol. The highest BCUT2D eigenvalue weighted by Crippen LogP contribution is 2.27. The van der Waals surface area contributed by atoms with E-state index in [4.69, 9.17) is 11.5 Å². The molecule has 43 heavy (non-hydrogen) atoms. The first kappa shape index (κ1) is 35.8. The van der Waals surface area contributed by atoms with Crippen molar-refractivity contribution in [1.29, 1.82) is 0 Å². The van der Waals surface area contributed by atoms with Gasteiger partial charge in [0.2, 0.25) is 11.8 Å². The molecule has 12 heteroatoms. The summed E-state index contributed by atoms with van der Waals surface area (Å²) in [6, 6.07) is -1.08. The smallest absolute Gasteiger partial charge is 0.227 e.